The van der Waals surface area contributed by atoms with Crippen LogP contribution in [0.1, 0.15) is 32.8 Å². The predicted molar refractivity (Wildman–Crippen MR) is 82.0 cm³/mol. The topological polar surface area (TPSA) is 49.8 Å². The number of amides is 1. The van der Waals surface area contributed by atoms with Gasteiger partial charge in [-0.1, -0.05) is 0 Å². The molecule has 128 valence electrons. The molecule has 0 spiro atoms. The first-order valence-corrected chi connectivity index (χ1v) is 7.75. The van der Waals surface area contributed by atoms with Crippen molar-refractivity contribution in [2.75, 3.05) is 13.1 Å². The smallest absolute Gasteiger partial charge is 0.410 e. The van der Waals surface area contributed by atoms with E-state index in [1.165, 1.54) is 12.1 Å². The molecule has 0 saturated carbocycles. The summed E-state index contributed by atoms with van der Waals surface area (Å²) >= 11 is 0. The lowest BCUT2D eigenvalue weighted by Crippen LogP contribution is -2.36. The highest BCUT2D eigenvalue weighted by atomic mass is 19.1. The minimum Gasteiger partial charge on any atom is -0.444 e. The number of aliphatic hydroxyl groups excluding tert-OH is 1. The van der Waals surface area contributed by atoms with Crippen molar-refractivity contribution in [2.24, 2.45) is 5.92 Å². The van der Waals surface area contributed by atoms with Gasteiger partial charge in [-0.05, 0) is 51.3 Å². The van der Waals surface area contributed by atoms with Crippen LogP contribution < -0.4 is 0 Å². The molecule has 2 atom stereocenters. The van der Waals surface area contributed by atoms with E-state index in [2.05, 4.69) is 0 Å². The van der Waals surface area contributed by atoms with E-state index in [1.54, 1.807) is 25.7 Å². The highest BCUT2D eigenvalue weighted by Gasteiger charge is 2.33. The summed E-state index contributed by atoms with van der Waals surface area (Å²) in [7, 11) is 0. The van der Waals surface area contributed by atoms with Gasteiger partial charge in [-0.3, -0.25) is 0 Å². The molecule has 1 aromatic carbocycles. The molecule has 1 aliphatic heterocycles. The fourth-order valence-electron chi connectivity index (χ4n) is 2.73. The second kappa shape index (κ2) is 6.83. The first-order valence-electron chi connectivity index (χ1n) is 7.75. The summed E-state index contributed by atoms with van der Waals surface area (Å²) in [6, 6.07) is 3.23. The van der Waals surface area contributed by atoms with Gasteiger partial charge >= 0.3 is 6.09 Å². The van der Waals surface area contributed by atoms with Gasteiger partial charge in [0.05, 0.1) is 6.10 Å². The zero-order valence-electron chi connectivity index (χ0n) is 13.7. The molecular weight excluding hydrogens is 304 g/mol. The average molecular weight is 327 g/mol. The lowest BCUT2D eigenvalue weighted by Gasteiger charge is -2.25. The van der Waals surface area contributed by atoms with E-state index >= 15 is 0 Å². The third-order valence-corrected chi connectivity index (χ3v) is 3.79. The van der Waals surface area contributed by atoms with E-state index in [0.717, 1.165) is 6.07 Å². The Morgan fingerprint density at radius 1 is 1.35 bits per heavy atom. The van der Waals surface area contributed by atoms with Crippen molar-refractivity contribution in [1.29, 1.82) is 0 Å². The monoisotopic (exact) mass is 327 g/mol. The number of ether oxygens (including phenoxy) is 1. The molecule has 2 unspecified atom stereocenters. The molecule has 1 amide bonds. The summed E-state index contributed by atoms with van der Waals surface area (Å²) in [5, 5.41) is 10.3. The Labute approximate surface area is 135 Å². The summed E-state index contributed by atoms with van der Waals surface area (Å²) in [6.45, 7) is 6.28. The van der Waals surface area contributed by atoms with Gasteiger partial charge in [-0.25, -0.2) is 13.6 Å². The standard InChI is InChI=1S/C17H23F2NO3/c1-17(2,3)23-16(22)20-5-4-12(10-20)15(21)8-11-6-13(18)9-14(19)7-11/h6-7,9,12,15,21H,4-5,8,10H2,1-3H3. The molecule has 0 aromatic heterocycles. The highest BCUT2D eigenvalue weighted by Crippen LogP contribution is 2.24. The van der Waals surface area contributed by atoms with E-state index in [1.807, 2.05) is 0 Å². The Morgan fingerprint density at radius 3 is 2.52 bits per heavy atom. The largest absolute Gasteiger partial charge is 0.444 e. The van der Waals surface area contributed by atoms with Crippen LogP contribution in [0.5, 0.6) is 0 Å². The Morgan fingerprint density at radius 2 is 1.96 bits per heavy atom. The molecule has 1 aliphatic rings. The van der Waals surface area contributed by atoms with Gasteiger partial charge < -0.3 is 14.7 Å². The first-order chi connectivity index (χ1) is 10.6. The van der Waals surface area contributed by atoms with Crippen LogP contribution in [0.25, 0.3) is 0 Å². The number of nitrogens with zero attached hydrogens (tertiary/aromatic N) is 1. The second-order valence-corrected chi connectivity index (χ2v) is 7.02. The van der Waals surface area contributed by atoms with E-state index in [9.17, 15) is 18.7 Å². The highest BCUT2D eigenvalue weighted by molar-refractivity contribution is 5.68. The fourth-order valence-corrected chi connectivity index (χ4v) is 2.73. The number of benzene rings is 1. The zero-order chi connectivity index (χ0) is 17.2. The Kier molecular flexibility index (Phi) is 5.24. The summed E-state index contributed by atoms with van der Waals surface area (Å²) in [4.78, 5) is 13.6. The van der Waals surface area contributed by atoms with Crippen molar-refractivity contribution in [2.45, 2.75) is 45.3 Å². The van der Waals surface area contributed by atoms with Crippen LogP contribution in [0.2, 0.25) is 0 Å². The Bertz CT molecular complexity index is 551. The number of carbonyl (C=O) groups is 1. The van der Waals surface area contributed by atoms with Gasteiger partial charge in [-0.15, -0.1) is 0 Å². The van der Waals surface area contributed by atoms with Gasteiger partial charge in [0.15, 0.2) is 0 Å². The van der Waals surface area contributed by atoms with Crippen molar-refractivity contribution in [1.82, 2.24) is 4.90 Å². The lowest BCUT2D eigenvalue weighted by molar-refractivity contribution is 0.0269. The maximum atomic E-state index is 13.2. The number of aliphatic hydroxyl groups is 1. The van der Waals surface area contributed by atoms with Crippen LogP contribution >= 0.6 is 0 Å². The van der Waals surface area contributed by atoms with E-state index in [0.29, 0.717) is 25.1 Å². The fraction of sp³-hybridized carbons (Fsp3) is 0.588. The molecule has 1 saturated heterocycles. The zero-order valence-corrected chi connectivity index (χ0v) is 13.7. The van der Waals surface area contributed by atoms with Crippen molar-refractivity contribution < 1.29 is 23.4 Å². The molecule has 2 rings (SSSR count). The molecule has 1 aromatic rings. The molecule has 23 heavy (non-hydrogen) atoms. The van der Waals surface area contributed by atoms with Gasteiger partial charge in [0.2, 0.25) is 0 Å². The molecule has 0 aliphatic carbocycles. The van der Waals surface area contributed by atoms with Gasteiger partial charge in [-0.2, -0.15) is 0 Å². The van der Waals surface area contributed by atoms with E-state index in [4.69, 9.17) is 4.74 Å². The summed E-state index contributed by atoms with van der Waals surface area (Å²) in [5.41, 5.74) is -0.155. The molecule has 0 bridgehead atoms. The third-order valence-electron chi connectivity index (χ3n) is 3.79. The minimum atomic E-state index is -0.761. The lowest BCUT2D eigenvalue weighted by atomic mass is 9.95. The van der Waals surface area contributed by atoms with Gasteiger partial charge in [0.1, 0.15) is 17.2 Å². The van der Waals surface area contributed by atoms with Crippen LogP contribution in [0.15, 0.2) is 18.2 Å². The molecule has 1 N–H and O–H groups in total. The Hall–Kier alpha value is -1.69. The van der Waals surface area contributed by atoms with E-state index < -0.39 is 29.4 Å². The van der Waals surface area contributed by atoms with Crippen LogP contribution in [0.4, 0.5) is 13.6 Å². The van der Waals surface area contributed by atoms with Crippen molar-refractivity contribution in [3.63, 3.8) is 0 Å². The summed E-state index contributed by atoms with van der Waals surface area (Å²) < 4.78 is 31.7. The molecule has 6 heteroatoms. The van der Waals surface area contributed by atoms with Crippen LogP contribution in [0, 0.1) is 17.6 Å². The second-order valence-electron chi connectivity index (χ2n) is 7.02. The minimum absolute atomic E-state index is 0.131. The van der Waals surface area contributed by atoms with E-state index in [-0.39, 0.29) is 12.3 Å². The van der Waals surface area contributed by atoms with Crippen molar-refractivity contribution in [3.8, 4) is 0 Å². The molecular formula is C17H23F2NO3. The molecule has 4 nitrogen and oxygen atoms in total. The number of rotatable bonds is 3. The first kappa shape index (κ1) is 17.7. The number of likely N-dealkylation sites (tertiary alicyclic amines) is 1. The quantitative estimate of drug-likeness (QED) is 0.928. The normalized spacial score (nSPS) is 19.7. The number of halogens is 2. The third kappa shape index (κ3) is 5.16. The van der Waals surface area contributed by atoms with Crippen molar-refractivity contribution >= 4 is 6.09 Å². The Balaban J connectivity index is 1.92. The van der Waals surface area contributed by atoms with Crippen LogP contribution in [-0.2, 0) is 11.2 Å². The maximum Gasteiger partial charge on any atom is 0.410 e. The molecule has 1 fully saturated rings. The van der Waals surface area contributed by atoms with Crippen LogP contribution in [0.3, 0.4) is 0 Å². The molecule has 0 radical (unpaired) electrons. The SMILES string of the molecule is CC(C)(C)OC(=O)N1CCC(C(O)Cc2cc(F)cc(F)c2)C1. The summed E-state index contributed by atoms with van der Waals surface area (Å²) in [5.74, 6) is -1.45. The maximum absolute atomic E-state index is 13.2. The average Bonchev–Trinajstić information content (AvgIpc) is 2.84. The summed E-state index contributed by atoms with van der Waals surface area (Å²) in [6.07, 6.45) is -0.368. The predicted octanol–water partition coefficient (Wildman–Crippen LogP) is 3.13. The van der Waals surface area contributed by atoms with Crippen molar-refractivity contribution in [3.05, 3.63) is 35.4 Å². The molecule has 1 heterocycles. The van der Waals surface area contributed by atoms with Crippen LogP contribution in [-0.4, -0.2) is 40.9 Å². The number of carbonyl (C=O) groups excluding carboxylic acids is 1. The number of hydrogen-bond acceptors (Lipinski definition) is 3. The number of hydrogen-bond donors (Lipinski definition) is 1. The van der Waals surface area contributed by atoms with Gasteiger partial charge in [0, 0.05) is 25.1 Å². The van der Waals surface area contributed by atoms with Gasteiger partial charge in [0.25, 0.3) is 0 Å².